The van der Waals surface area contributed by atoms with Crippen molar-refractivity contribution in [1.29, 1.82) is 0 Å². The van der Waals surface area contributed by atoms with Gasteiger partial charge in [-0.3, -0.25) is 0 Å². The van der Waals surface area contributed by atoms with Gasteiger partial charge in [0.25, 0.3) is 0 Å². The van der Waals surface area contributed by atoms with Crippen LogP contribution < -0.4 is 10.5 Å². The highest BCUT2D eigenvalue weighted by molar-refractivity contribution is 5.46. The Balaban J connectivity index is 2.57. The molecule has 0 spiro atoms. The Labute approximate surface area is 89.2 Å². The highest BCUT2D eigenvalue weighted by Gasteiger charge is 2.39. The first-order chi connectivity index (χ1) is 7.08. The second-order valence-corrected chi connectivity index (χ2v) is 4.28. The summed E-state index contributed by atoms with van der Waals surface area (Å²) in [5, 5.41) is 0. The molecule has 15 heavy (non-hydrogen) atoms. The summed E-state index contributed by atoms with van der Waals surface area (Å²) in [7, 11) is 1.56. The molecule has 3 heteroatoms. The van der Waals surface area contributed by atoms with Crippen LogP contribution in [-0.2, 0) is 5.54 Å². The van der Waals surface area contributed by atoms with E-state index in [1.807, 2.05) is 6.92 Å². The van der Waals surface area contributed by atoms with Gasteiger partial charge in [0, 0.05) is 11.1 Å². The SMILES string of the molecule is COc1c(C)ccc(F)c1C1(N)CCC1. The van der Waals surface area contributed by atoms with Crippen molar-refractivity contribution in [2.75, 3.05) is 7.11 Å². The molecule has 1 aromatic rings. The largest absolute Gasteiger partial charge is 0.496 e. The van der Waals surface area contributed by atoms with Crippen molar-refractivity contribution in [3.8, 4) is 5.75 Å². The van der Waals surface area contributed by atoms with Crippen LogP contribution in [0, 0.1) is 12.7 Å². The Morgan fingerprint density at radius 2 is 2.07 bits per heavy atom. The molecule has 0 aliphatic heterocycles. The topological polar surface area (TPSA) is 35.2 Å². The van der Waals surface area contributed by atoms with E-state index >= 15 is 0 Å². The zero-order valence-corrected chi connectivity index (χ0v) is 9.14. The van der Waals surface area contributed by atoms with Crippen LogP contribution in [0.25, 0.3) is 0 Å². The first-order valence-corrected chi connectivity index (χ1v) is 5.21. The quantitative estimate of drug-likeness (QED) is 0.812. The number of nitrogens with two attached hydrogens (primary N) is 1. The molecule has 1 aliphatic carbocycles. The predicted molar refractivity (Wildman–Crippen MR) is 57.4 cm³/mol. The van der Waals surface area contributed by atoms with Gasteiger partial charge in [-0.25, -0.2) is 4.39 Å². The third kappa shape index (κ3) is 1.51. The van der Waals surface area contributed by atoms with E-state index in [1.54, 1.807) is 13.2 Å². The maximum atomic E-state index is 13.8. The van der Waals surface area contributed by atoms with E-state index in [4.69, 9.17) is 10.5 Å². The summed E-state index contributed by atoms with van der Waals surface area (Å²) < 4.78 is 19.0. The second kappa shape index (κ2) is 3.49. The summed E-state index contributed by atoms with van der Waals surface area (Å²) in [5.74, 6) is 0.358. The molecule has 0 heterocycles. The zero-order chi connectivity index (χ0) is 11.1. The summed E-state index contributed by atoms with van der Waals surface area (Å²) >= 11 is 0. The minimum Gasteiger partial charge on any atom is -0.496 e. The van der Waals surface area contributed by atoms with Gasteiger partial charge in [0.2, 0.25) is 0 Å². The van der Waals surface area contributed by atoms with Crippen molar-refractivity contribution in [3.63, 3.8) is 0 Å². The van der Waals surface area contributed by atoms with Gasteiger partial charge in [-0.15, -0.1) is 0 Å². The highest BCUT2D eigenvalue weighted by atomic mass is 19.1. The number of benzene rings is 1. The number of hydrogen-bond acceptors (Lipinski definition) is 2. The van der Waals surface area contributed by atoms with E-state index in [2.05, 4.69) is 0 Å². The van der Waals surface area contributed by atoms with Gasteiger partial charge in [-0.2, -0.15) is 0 Å². The lowest BCUT2D eigenvalue weighted by atomic mass is 9.72. The maximum absolute atomic E-state index is 13.8. The van der Waals surface area contributed by atoms with Gasteiger partial charge in [-0.05, 0) is 37.8 Å². The molecule has 0 saturated heterocycles. The van der Waals surface area contributed by atoms with Gasteiger partial charge in [-0.1, -0.05) is 6.07 Å². The Kier molecular flexibility index (Phi) is 2.43. The summed E-state index contributed by atoms with van der Waals surface area (Å²) in [6.45, 7) is 1.91. The lowest BCUT2D eigenvalue weighted by Crippen LogP contribution is -2.44. The van der Waals surface area contributed by atoms with Crippen molar-refractivity contribution in [3.05, 3.63) is 29.1 Å². The Hall–Kier alpha value is -1.09. The summed E-state index contributed by atoms with van der Waals surface area (Å²) in [4.78, 5) is 0. The molecule has 0 atom stereocenters. The van der Waals surface area contributed by atoms with Crippen molar-refractivity contribution < 1.29 is 9.13 Å². The third-order valence-electron chi connectivity index (χ3n) is 3.25. The average Bonchev–Trinajstić information content (AvgIpc) is 2.17. The van der Waals surface area contributed by atoms with Crippen LogP contribution in [-0.4, -0.2) is 7.11 Å². The smallest absolute Gasteiger partial charge is 0.131 e. The Morgan fingerprint density at radius 1 is 1.40 bits per heavy atom. The molecule has 0 amide bonds. The number of methoxy groups -OCH3 is 1. The monoisotopic (exact) mass is 209 g/mol. The van der Waals surface area contributed by atoms with E-state index < -0.39 is 5.54 Å². The molecule has 0 bridgehead atoms. The van der Waals surface area contributed by atoms with E-state index in [1.165, 1.54) is 6.07 Å². The molecule has 2 nitrogen and oxygen atoms in total. The molecule has 0 radical (unpaired) electrons. The van der Waals surface area contributed by atoms with E-state index in [0.29, 0.717) is 11.3 Å². The molecule has 0 aromatic heterocycles. The molecule has 1 fully saturated rings. The van der Waals surface area contributed by atoms with Crippen LogP contribution >= 0.6 is 0 Å². The standard InChI is InChI=1S/C12H16FNO/c1-8-4-5-9(13)10(11(8)15-2)12(14)6-3-7-12/h4-5H,3,6-7,14H2,1-2H3. The van der Waals surface area contributed by atoms with Crippen LogP contribution in [0.15, 0.2) is 12.1 Å². The summed E-state index contributed by atoms with van der Waals surface area (Å²) in [5.41, 5.74) is 7.13. The molecule has 82 valence electrons. The fourth-order valence-corrected chi connectivity index (χ4v) is 2.20. The predicted octanol–water partition coefficient (Wildman–Crippen LogP) is 2.48. The third-order valence-corrected chi connectivity index (χ3v) is 3.25. The van der Waals surface area contributed by atoms with Gasteiger partial charge < -0.3 is 10.5 Å². The zero-order valence-electron chi connectivity index (χ0n) is 9.14. The summed E-state index contributed by atoms with van der Waals surface area (Å²) in [6.07, 6.45) is 2.74. The van der Waals surface area contributed by atoms with Crippen molar-refractivity contribution in [2.45, 2.75) is 31.7 Å². The molecule has 1 aliphatic rings. The fourth-order valence-electron chi connectivity index (χ4n) is 2.20. The van der Waals surface area contributed by atoms with Gasteiger partial charge in [0.05, 0.1) is 7.11 Å². The first kappa shape index (κ1) is 10.4. The molecule has 1 saturated carbocycles. The van der Waals surface area contributed by atoms with E-state index in [0.717, 1.165) is 24.8 Å². The number of halogens is 1. The number of ether oxygens (including phenoxy) is 1. The Morgan fingerprint density at radius 3 is 2.53 bits per heavy atom. The number of aryl methyl sites for hydroxylation is 1. The second-order valence-electron chi connectivity index (χ2n) is 4.28. The Bertz CT molecular complexity index is 385. The molecule has 2 N–H and O–H groups in total. The average molecular weight is 209 g/mol. The van der Waals surface area contributed by atoms with E-state index in [-0.39, 0.29) is 5.82 Å². The molecule has 0 unspecified atom stereocenters. The van der Waals surface area contributed by atoms with E-state index in [9.17, 15) is 4.39 Å². The van der Waals surface area contributed by atoms with Crippen LogP contribution in [0.3, 0.4) is 0 Å². The normalized spacial score (nSPS) is 18.4. The van der Waals surface area contributed by atoms with Crippen molar-refractivity contribution in [1.82, 2.24) is 0 Å². The minimum atomic E-state index is -0.512. The molecule has 1 aromatic carbocycles. The highest BCUT2D eigenvalue weighted by Crippen LogP contribution is 2.44. The van der Waals surface area contributed by atoms with Gasteiger partial charge in [0.15, 0.2) is 0 Å². The van der Waals surface area contributed by atoms with Crippen molar-refractivity contribution >= 4 is 0 Å². The van der Waals surface area contributed by atoms with Gasteiger partial charge in [0.1, 0.15) is 11.6 Å². The van der Waals surface area contributed by atoms with Gasteiger partial charge >= 0.3 is 0 Å². The number of rotatable bonds is 2. The van der Waals surface area contributed by atoms with Crippen LogP contribution in [0.1, 0.15) is 30.4 Å². The molecular formula is C12H16FNO. The summed E-state index contributed by atoms with van der Waals surface area (Å²) in [6, 6.07) is 3.19. The van der Waals surface area contributed by atoms with Crippen LogP contribution in [0.4, 0.5) is 4.39 Å². The lowest BCUT2D eigenvalue weighted by molar-refractivity contribution is 0.234. The molecule has 2 rings (SSSR count). The fraction of sp³-hybridized carbons (Fsp3) is 0.500. The van der Waals surface area contributed by atoms with Crippen LogP contribution in [0.5, 0.6) is 5.75 Å². The minimum absolute atomic E-state index is 0.250. The lowest BCUT2D eigenvalue weighted by Gasteiger charge is -2.39. The number of hydrogen-bond donors (Lipinski definition) is 1. The molecular weight excluding hydrogens is 193 g/mol. The van der Waals surface area contributed by atoms with Crippen molar-refractivity contribution in [2.24, 2.45) is 5.73 Å². The first-order valence-electron chi connectivity index (χ1n) is 5.21. The maximum Gasteiger partial charge on any atom is 0.131 e. The van der Waals surface area contributed by atoms with Crippen LogP contribution in [0.2, 0.25) is 0 Å².